The molecule has 1 saturated heterocycles. The lowest BCUT2D eigenvalue weighted by Crippen LogP contribution is -2.42. The van der Waals surface area contributed by atoms with Crippen LogP contribution in [-0.2, 0) is 4.74 Å². The third-order valence-electron chi connectivity index (χ3n) is 4.82. The molecule has 1 heterocycles. The Hall–Kier alpha value is -0.120. The molecule has 4 fully saturated rings. The van der Waals surface area contributed by atoms with Crippen LogP contribution in [0.5, 0.6) is 0 Å². The van der Waals surface area contributed by atoms with E-state index >= 15 is 0 Å². The highest BCUT2D eigenvalue weighted by molar-refractivity contribution is 5.16. The third kappa shape index (κ3) is 0.661. The molecule has 2 bridgehead atoms. The lowest BCUT2D eigenvalue weighted by molar-refractivity contribution is -0.0618. The van der Waals surface area contributed by atoms with Gasteiger partial charge in [-0.3, -0.25) is 0 Å². The van der Waals surface area contributed by atoms with Crippen LogP contribution in [0, 0.1) is 23.7 Å². The monoisotopic (exact) mass is 182 g/mol. The standard InChI is InChI=1S/C10H14O3/c11-8-4-1-5(9(8)12)7-3(4)2-6-10(7)13-6/h3-12H,1-2H2/t3-,4-,5+,6?,7-,8?,9?,10?/m1/s1. The second-order valence-electron chi connectivity index (χ2n) is 5.16. The zero-order chi connectivity index (χ0) is 8.74. The molecule has 0 aromatic rings. The van der Waals surface area contributed by atoms with Crippen LogP contribution in [0.3, 0.4) is 0 Å². The van der Waals surface area contributed by atoms with Gasteiger partial charge in [-0.25, -0.2) is 0 Å². The lowest BCUT2D eigenvalue weighted by atomic mass is 9.78. The summed E-state index contributed by atoms with van der Waals surface area (Å²) in [7, 11) is 0. The molecule has 0 radical (unpaired) electrons. The van der Waals surface area contributed by atoms with Crippen LogP contribution >= 0.6 is 0 Å². The summed E-state index contributed by atoms with van der Waals surface area (Å²) in [6.45, 7) is 0. The average molecular weight is 182 g/mol. The van der Waals surface area contributed by atoms with E-state index in [-0.39, 0.29) is 0 Å². The fraction of sp³-hybridized carbons (Fsp3) is 1.00. The van der Waals surface area contributed by atoms with Gasteiger partial charge in [0.15, 0.2) is 0 Å². The molecule has 3 aliphatic carbocycles. The predicted molar refractivity (Wildman–Crippen MR) is 43.9 cm³/mol. The van der Waals surface area contributed by atoms with E-state index in [1.807, 2.05) is 0 Å². The highest BCUT2D eigenvalue weighted by Crippen LogP contribution is 2.64. The van der Waals surface area contributed by atoms with Gasteiger partial charge in [0.2, 0.25) is 0 Å². The number of aliphatic hydroxyl groups excluding tert-OH is 2. The third-order valence-corrected chi connectivity index (χ3v) is 4.82. The summed E-state index contributed by atoms with van der Waals surface area (Å²) in [6, 6.07) is 0. The van der Waals surface area contributed by atoms with E-state index in [0.29, 0.717) is 35.9 Å². The Labute approximate surface area is 76.7 Å². The fourth-order valence-electron chi connectivity index (χ4n) is 4.29. The number of ether oxygens (including phenoxy) is 1. The van der Waals surface area contributed by atoms with Crippen LogP contribution in [0.25, 0.3) is 0 Å². The molecule has 4 aliphatic rings. The van der Waals surface area contributed by atoms with Crippen molar-refractivity contribution in [2.24, 2.45) is 23.7 Å². The maximum absolute atomic E-state index is 9.77. The summed E-state index contributed by atoms with van der Waals surface area (Å²) in [6.07, 6.45) is 2.20. The molecule has 72 valence electrons. The lowest BCUT2D eigenvalue weighted by Gasteiger charge is -2.33. The molecule has 8 atom stereocenters. The Morgan fingerprint density at radius 3 is 2.54 bits per heavy atom. The van der Waals surface area contributed by atoms with Crippen LogP contribution in [0.1, 0.15) is 12.8 Å². The smallest absolute Gasteiger partial charge is 0.0876 e. The number of epoxide rings is 1. The number of aliphatic hydroxyl groups is 2. The minimum absolute atomic E-state index is 0.336. The summed E-state index contributed by atoms with van der Waals surface area (Å²) in [4.78, 5) is 0. The summed E-state index contributed by atoms with van der Waals surface area (Å²) in [5.74, 6) is 1.95. The molecule has 4 rings (SSSR count). The minimum atomic E-state index is -0.464. The second kappa shape index (κ2) is 1.95. The molecule has 0 amide bonds. The average Bonchev–Trinajstić information content (AvgIpc) is 2.53. The first-order valence-electron chi connectivity index (χ1n) is 5.29. The van der Waals surface area contributed by atoms with E-state index in [9.17, 15) is 10.2 Å². The maximum Gasteiger partial charge on any atom is 0.0876 e. The quantitative estimate of drug-likeness (QED) is 0.508. The zero-order valence-electron chi connectivity index (χ0n) is 7.34. The number of fused-ring (bicyclic) bond motifs is 7. The molecule has 3 saturated carbocycles. The van der Waals surface area contributed by atoms with Crippen molar-refractivity contribution in [3.8, 4) is 0 Å². The molecule has 13 heavy (non-hydrogen) atoms. The molecule has 0 aromatic carbocycles. The van der Waals surface area contributed by atoms with Crippen molar-refractivity contribution in [1.82, 2.24) is 0 Å². The van der Waals surface area contributed by atoms with Crippen molar-refractivity contribution in [1.29, 1.82) is 0 Å². The molecule has 3 nitrogen and oxygen atoms in total. The summed E-state index contributed by atoms with van der Waals surface area (Å²) in [5, 5.41) is 19.5. The molecule has 1 aliphatic heterocycles. The Bertz CT molecular complexity index is 267. The zero-order valence-corrected chi connectivity index (χ0v) is 7.34. The topological polar surface area (TPSA) is 53.0 Å². The largest absolute Gasteiger partial charge is 0.390 e. The summed E-state index contributed by atoms with van der Waals surface area (Å²) in [5.41, 5.74) is 0. The molecule has 0 spiro atoms. The van der Waals surface area contributed by atoms with Gasteiger partial charge in [0, 0.05) is 0 Å². The van der Waals surface area contributed by atoms with E-state index in [0.717, 1.165) is 12.8 Å². The van der Waals surface area contributed by atoms with Gasteiger partial charge in [0.05, 0.1) is 24.4 Å². The Kier molecular flexibility index (Phi) is 1.08. The Balaban J connectivity index is 1.73. The first kappa shape index (κ1) is 7.21. The van der Waals surface area contributed by atoms with Gasteiger partial charge in [-0.15, -0.1) is 0 Å². The van der Waals surface area contributed by atoms with Crippen LogP contribution in [-0.4, -0.2) is 34.6 Å². The van der Waals surface area contributed by atoms with E-state index in [2.05, 4.69) is 0 Å². The highest BCUT2D eigenvalue weighted by Gasteiger charge is 2.68. The van der Waals surface area contributed by atoms with Crippen molar-refractivity contribution in [2.45, 2.75) is 37.3 Å². The second-order valence-corrected chi connectivity index (χ2v) is 5.16. The van der Waals surface area contributed by atoms with E-state index in [4.69, 9.17) is 4.74 Å². The summed E-state index contributed by atoms with van der Waals surface area (Å²) >= 11 is 0. The predicted octanol–water partition coefficient (Wildman–Crippen LogP) is -0.239. The molecule has 4 unspecified atom stereocenters. The first-order chi connectivity index (χ1) is 6.27. The fourth-order valence-corrected chi connectivity index (χ4v) is 4.29. The number of hydrogen-bond donors (Lipinski definition) is 2. The van der Waals surface area contributed by atoms with Crippen molar-refractivity contribution in [2.75, 3.05) is 0 Å². The van der Waals surface area contributed by atoms with Gasteiger partial charge in [0.1, 0.15) is 0 Å². The molecule has 0 aromatic heterocycles. The van der Waals surface area contributed by atoms with Gasteiger partial charge < -0.3 is 14.9 Å². The molecule has 2 N–H and O–H groups in total. The van der Waals surface area contributed by atoms with Crippen LogP contribution in [0.15, 0.2) is 0 Å². The van der Waals surface area contributed by atoms with E-state index in [1.165, 1.54) is 0 Å². The highest BCUT2D eigenvalue weighted by atomic mass is 16.6. The minimum Gasteiger partial charge on any atom is -0.390 e. The Morgan fingerprint density at radius 1 is 0.923 bits per heavy atom. The van der Waals surface area contributed by atoms with Crippen molar-refractivity contribution < 1.29 is 14.9 Å². The SMILES string of the molecule is OC1C(O)[C@@H]2C[C@H]1[C@@H]1C3OC3C[C@@H]12. The van der Waals surface area contributed by atoms with Crippen molar-refractivity contribution >= 4 is 0 Å². The van der Waals surface area contributed by atoms with Gasteiger partial charge in [0.25, 0.3) is 0 Å². The van der Waals surface area contributed by atoms with Gasteiger partial charge in [-0.2, -0.15) is 0 Å². The van der Waals surface area contributed by atoms with E-state index < -0.39 is 12.2 Å². The van der Waals surface area contributed by atoms with Crippen LogP contribution in [0.2, 0.25) is 0 Å². The normalized spacial score (nSPS) is 72.5. The first-order valence-corrected chi connectivity index (χ1v) is 5.29. The number of rotatable bonds is 0. The van der Waals surface area contributed by atoms with Gasteiger partial charge in [-0.1, -0.05) is 0 Å². The number of hydrogen-bond acceptors (Lipinski definition) is 3. The van der Waals surface area contributed by atoms with E-state index in [1.54, 1.807) is 0 Å². The molecule has 3 heteroatoms. The van der Waals surface area contributed by atoms with Gasteiger partial charge in [-0.05, 0) is 36.5 Å². The summed E-state index contributed by atoms with van der Waals surface area (Å²) < 4.78 is 5.51. The van der Waals surface area contributed by atoms with Crippen molar-refractivity contribution in [3.63, 3.8) is 0 Å². The van der Waals surface area contributed by atoms with Crippen molar-refractivity contribution in [3.05, 3.63) is 0 Å². The maximum atomic E-state index is 9.77. The van der Waals surface area contributed by atoms with Crippen LogP contribution in [0.4, 0.5) is 0 Å². The Morgan fingerprint density at radius 2 is 1.69 bits per heavy atom. The molecular formula is C10H14O3. The molecular weight excluding hydrogens is 168 g/mol. The van der Waals surface area contributed by atoms with Crippen LogP contribution < -0.4 is 0 Å². The van der Waals surface area contributed by atoms with Gasteiger partial charge >= 0.3 is 0 Å².